The molecule has 1 heterocycles. The molecule has 0 unspecified atom stereocenters. The average molecular weight is 668 g/mol. The first-order valence-corrected chi connectivity index (χ1v) is 16.7. The van der Waals surface area contributed by atoms with E-state index in [-0.39, 0.29) is 17.2 Å². The Kier molecular flexibility index (Phi) is 8.53. The van der Waals surface area contributed by atoms with Crippen LogP contribution in [-0.4, -0.2) is 27.8 Å². The second-order valence-electron chi connectivity index (χ2n) is 12.0. The third kappa shape index (κ3) is 5.92. The van der Waals surface area contributed by atoms with Gasteiger partial charge in [0.05, 0.1) is 16.9 Å². The molecule has 0 radical (unpaired) electrons. The molecule has 4 saturated carbocycles. The van der Waals surface area contributed by atoms with Crippen LogP contribution in [0.5, 0.6) is 11.5 Å². The van der Waals surface area contributed by atoms with E-state index in [1.165, 1.54) is 36.0 Å². The molecule has 0 aromatic heterocycles. The molecule has 7 rings (SSSR count). The Hall–Kier alpha value is -2.62. The Morgan fingerprint density at radius 1 is 1.14 bits per heavy atom. The van der Waals surface area contributed by atoms with Crippen molar-refractivity contribution in [2.24, 2.45) is 23.2 Å². The van der Waals surface area contributed by atoms with E-state index in [0.717, 1.165) is 40.4 Å². The van der Waals surface area contributed by atoms with Gasteiger partial charge in [0.15, 0.2) is 15.8 Å². The smallest absolute Gasteiger partial charge is 0.285 e. The predicted molar refractivity (Wildman–Crippen MR) is 174 cm³/mol. The number of carbonyl (C=O) groups excluding carboxylic acids is 2. The summed E-state index contributed by atoms with van der Waals surface area (Å²) < 4.78 is 13.6. The molecule has 1 N–H and O–H groups in total. The molecule has 5 fully saturated rings. The first-order chi connectivity index (χ1) is 20.3. The molecule has 2 aromatic carbocycles. The minimum absolute atomic E-state index is 0.0432. The van der Waals surface area contributed by atoms with Gasteiger partial charge in [-0.3, -0.25) is 15.0 Å². The van der Waals surface area contributed by atoms with Crippen molar-refractivity contribution in [3.63, 3.8) is 0 Å². The topological polar surface area (TPSA) is 67.9 Å². The van der Waals surface area contributed by atoms with E-state index in [4.69, 9.17) is 21.7 Å². The largest absolute Gasteiger partial charge is 0.490 e. The summed E-state index contributed by atoms with van der Waals surface area (Å²) in [5.74, 6) is 2.83. The van der Waals surface area contributed by atoms with Gasteiger partial charge in [-0.2, -0.15) is 5.01 Å². The molecule has 6 nitrogen and oxygen atoms in total. The van der Waals surface area contributed by atoms with Crippen LogP contribution in [0.2, 0.25) is 0 Å². The second kappa shape index (κ2) is 12.2. The van der Waals surface area contributed by atoms with E-state index < -0.39 is 0 Å². The number of thioether (sulfide) groups is 1. The fraction of sp³-hybridized carbons (Fsp3) is 0.424. The van der Waals surface area contributed by atoms with Crippen LogP contribution in [0, 0.1) is 23.2 Å². The Morgan fingerprint density at radius 3 is 2.43 bits per heavy atom. The number of benzene rings is 2. The van der Waals surface area contributed by atoms with Crippen LogP contribution >= 0.6 is 39.9 Å². The quantitative estimate of drug-likeness (QED) is 0.160. The minimum Gasteiger partial charge on any atom is -0.490 e. The zero-order valence-corrected chi connectivity index (χ0v) is 26.9. The zero-order chi connectivity index (χ0) is 29.4. The number of thiocarbonyl (C=S) groups is 1. The van der Waals surface area contributed by atoms with Gasteiger partial charge in [-0.05, 0) is 123 Å². The lowest BCUT2D eigenvalue weighted by molar-refractivity contribution is -0.152. The van der Waals surface area contributed by atoms with Gasteiger partial charge < -0.3 is 9.47 Å². The van der Waals surface area contributed by atoms with Crippen molar-refractivity contribution >= 4 is 62.1 Å². The number of amides is 2. The molecule has 1 saturated heterocycles. The number of allylic oxidation sites excluding steroid dienone is 1. The van der Waals surface area contributed by atoms with Crippen LogP contribution < -0.4 is 14.9 Å². The number of ether oxygens (including phenoxy) is 2. The summed E-state index contributed by atoms with van der Waals surface area (Å²) in [5, 5.41) is 1.27. The van der Waals surface area contributed by atoms with Gasteiger partial charge in [-0.15, -0.1) is 6.58 Å². The van der Waals surface area contributed by atoms with Crippen LogP contribution in [0.4, 0.5) is 0 Å². The fourth-order valence-electron chi connectivity index (χ4n) is 7.56. The summed E-state index contributed by atoms with van der Waals surface area (Å²) in [5.41, 5.74) is 5.31. The van der Waals surface area contributed by atoms with Crippen LogP contribution in [0.15, 0.2) is 58.4 Å². The Labute approximate surface area is 265 Å². The maximum absolute atomic E-state index is 13.6. The van der Waals surface area contributed by atoms with Gasteiger partial charge in [0.1, 0.15) is 6.61 Å². The highest BCUT2D eigenvalue weighted by Crippen LogP contribution is 2.60. The van der Waals surface area contributed by atoms with Crippen molar-refractivity contribution in [3.8, 4) is 11.5 Å². The van der Waals surface area contributed by atoms with Gasteiger partial charge in [0.25, 0.3) is 5.91 Å². The summed E-state index contributed by atoms with van der Waals surface area (Å²) in [4.78, 5) is 27.6. The molecule has 0 spiro atoms. The number of nitrogens with one attached hydrogen (secondary N) is 1. The van der Waals surface area contributed by atoms with Crippen molar-refractivity contribution in [3.05, 3.63) is 75.1 Å². The lowest BCUT2D eigenvalue weighted by Gasteiger charge is -2.55. The van der Waals surface area contributed by atoms with Crippen molar-refractivity contribution in [2.45, 2.75) is 58.5 Å². The van der Waals surface area contributed by atoms with E-state index in [1.807, 2.05) is 55.5 Å². The van der Waals surface area contributed by atoms with Crippen molar-refractivity contribution < 1.29 is 19.1 Å². The number of hydrazine groups is 1. The summed E-state index contributed by atoms with van der Waals surface area (Å²) in [6, 6.07) is 11.9. The second-order valence-corrected chi connectivity index (χ2v) is 14.6. The highest BCUT2D eigenvalue weighted by atomic mass is 79.9. The number of hydrogen-bond acceptors (Lipinski definition) is 6. The Morgan fingerprint density at radius 2 is 1.81 bits per heavy atom. The Bertz CT molecular complexity index is 1420. The highest BCUT2D eigenvalue weighted by Gasteiger charge is 2.55. The van der Waals surface area contributed by atoms with Gasteiger partial charge in [0, 0.05) is 10.0 Å². The number of halogens is 1. The third-order valence-corrected chi connectivity index (χ3v) is 10.8. The molecule has 9 heteroatoms. The molecule has 5 aliphatic rings. The average Bonchev–Trinajstić information content (AvgIpc) is 3.20. The summed E-state index contributed by atoms with van der Waals surface area (Å²) in [6.07, 6.45) is 10.7. The minimum atomic E-state index is -0.361. The first kappa shape index (κ1) is 29.5. The van der Waals surface area contributed by atoms with E-state index >= 15 is 0 Å². The molecule has 2 aromatic rings. The van der Waals surface area contributed by atoms with E-state index in [0.29, 0.717) is 58.1 Å². The van der Waals surface area contributed by atoms with Crippen LogP contribution in [0.3, 0.4) is 0 Å². The Balaban J connectivity index is 1.21. The fourth-order valence-corrected chi connectivity index (χ4v) is 9.00. The summed E-state index contributed by atoms with van der Waals surface area (Å²) in [6.45, 7) is 6.70. The molecular formula is C33H35BrN2O4S2. The molecule has 4 aliphatic carbocycles. The monoisotopic (exact) mass is 666 g/mol. The van der Waals surface area contributed by atoms with Gasteiger partial charge in [-0.25, -0.2) is 0 Å². The predicted octanol–water partition coefficient (Wildman–Crippen LogP) is 7.60. The first-order valence-electron chi connectivity index (χ1n) is 14.6. The molecule has 2 amide bonds. The maximum atomic E-state index is 13.6. The lowest BCUT2D eigenvalue weighted by atomic mass is 9.49. The zero-order valence-electron chi connectivity index (χ0n) is 23.7. The van der Waals surface area contributed by atoms with E-state index in [2.05, 4.69) is 27.9 Å². The van der Waals surface area contributed by atoms with Crippen LogP contribution in [0.1, 0.15) is 62.1 Å². The molecule has 220 valence electrons. The van der Waals surface area contributed by atoms with Gasteiger partial charge in [0.2, 0.25) is 5.91 Å². The number of hydrogen-bond donors (Lipinski definition) is 1. The van der Waals surface area contributed by atoms with Crippen molar-refractivity contribution in [1.29, 1.82) is 0 Å². The molecule has 4 bridgehead atoms. The molecule has 42 heavy (non-hydrogen) atoms. The number of nitrogens with zero attached hydrogens (tertiary/aromatic N) is 1. The maximum Gasteiger partial charge on any atom is 0.285 e. The molecule has 0 atom stereocenters. The van der Waals surface area contributed by atoms with E-state index in [1.54, 1.807) is 0 Å². The van der Waals surface area contributed by atoms with Crippen molar-refractivity contribution in [2.75, 3.05) is 6.61 Å². The standard InChI is InChI=1S/C33H35BrN2O4S2/c1-3-5-25-13-21(14-27(39-4-2)29(25)40-19-20-6-8-26(34)9-7-20)15-28-30(37)36(32(41)42-28)35-31(38)33-16-22-10-23(17-33)12-24(11-22)18-33/h3,6-9,13-15,22-24H,1,4-5,10-12,16-19H2,2H3,(H,35,38)/b28-15-. The van der Waals surface area contributed by atoms with Crippen LogP contribution in [-0.2, 0) is 22.6 Å². The highest BCUT2D eigenvalue weighted by molar-refractivity contribution is 9.10. The normalized spacial score (nSPS) is 27.0. The summed E-state index contributed by atoms with van der Waals surface area (Å²) >= 11 is 10.2. The SMILES string of the molecule is C=CCc1cc(/C=C2\SC(=S)N(NC(=O)C34CC5CC(CC(C5)C3)C4)C2=O)cc(OCC)c1OCc1ccc(Br)cc1. The number of rotatable bonds is 10. The van der Waals surface area contributed by atoms with E-state index in [9.17, 15) is 9.59 Å². The number of carbonyl (C=O) groups is 2. The summed E-state index contributed by atoms with van der Waals surface area (Å²) in [7, 11) is 0. The van der Waals surface area contributed by atoms with Gasteiger partial charge >= 0.3 is 0 Å². The third-order valence-electron chi connectivity index (χ3n) is 8.94. The van der Waals surface area contributed by atoms with Crippen molar-refractivity contribution in [1.82, 2.24) is 10.4 Å². The molecule has 1 aliphatic heterocycles. The van der Waals surface area contributed by atoms with Gasteiger partial charge in [-0.1, -0.05) is 45.9 Å². The van der Waals surface area contributed by atoms with Crippen LogP contribution in [0.25, 0.3) is 6.08 Å². The molecular weight excluding hydrogens is 632 g/mol. The lowest BCUT2D eigenvalue weighted by Crippen LogP contribution is -2.57.